The minimum absolute atomic E-state index is 0. The molecule has 14 heteroatoms. The zero-order chi connectivity index (χ0) is 33.1. The average Bonchev–Trinajstić information content (AvgIpc) is 3.88. The van der Waals surface area contributed by atoms with Crippen LogP contribution in [0.1, 0.15) is 65.7 Å². The molecule has 46 heavy (non-hydrogen) atoms. The van der Waals surface area contributed by atoms with Crippen LogP contribution in [0.5, 0.6) is 0 Å². The molecule has 2 unspecified atom stereocenters. The minimum atomic E-state index is -0.441. The first-order chi connectivity index (χ1) is 21.9. The summed E-state index contributed by atoms with van der Waals surface area (Å²) in [5.41, 5.74) is 10.9. The molecule has 2 radical (unpaired) electrons. The fourth-order valence-electron chi connectivity index (χ4n) is 4.46. The molecule has 0 aliphatic carbocycles. The van der Waals surface area contributed by atoms with E-state index in [9.17, 15) is 0 Å². The largest absolute Gasteiger partial charge is 0.393 e. The molecule has 12 nitrogen and oxygen atoms in total. The predicted octanol–water partition coefficient (Wildman–Crippen LogP) is 0.905. The summed E-state index contributed by atoms with van der Waals surface area (Å²) in [6, 6.07) is -0.229. The van der Waals surface area contributed by atoms with Gasteiger partial charge in [-0.05, 0) is 58.6 Å². The van der Waals surface area contributed by atoms with Crippen molar-refractivity contribution in [1.29, 1.82) is 1.34 Å². The Bertz CT molecular complexity index is 621. The molecule has 7 aliphatic heterocycles. The molecule has 0 saturated carbocycles. The topological polar surface area (TPSA) is 181 Å². The van der Waals surface area contributed by atoms with Gasteiger partial charge in [0, 0.05) is 91.8 Å². The van der Waals surface area contributed by atoms with Gasteiger partial charge in [-0.2, -0.15) is 0 Å². The van der Waals surface area contributed by atoms with Gasteiger partial charge in [-0.1, -0.05) is 26.5 Å². The number of rotatable bonds is 0. The smallest absolute Gasteiger partial charge is 0.107 e. The van der Waals surface area contributed by atoms with Crippen LogP contribution in [0.2, 0.25) is 0 Å². The van der Waals surface area contributed by atoms with Crippen LogP contribution in [0.3, 0.4) is 0 Å². The zero-order valence-electron chi connectivity index (χ0n) is 28.3. The maximum atomic E-state index is 8.97. The van der Waals surface area contributed by atoms with Gasteiger partial charge in [0.05, 0.1) is 63.5 Å². The standard InChI is InChI=1S/C6H12O.2C5H11NO2.C5H8O2.C5H10O2.C5H8O.CH4.BH.U/c1-6-2-4-7-5-3-6;6-4-3-8-2-1-5(4)7;6-4-1-2-8-3-5(4)7;1-2-6-3-5-4(1)7-5;6-5-1-3-7-4-2-5;1-2-4-6-5-3-1;;;/h6H,2-5H2,1H3;2*4-5,7H,1-3,6H2;4-5H,1-3H2;5-6H,1-4H2;1-2H,3-5H2;1H4;1H;/t;2*4-,5-;;;;;;/m.00....../s1/i;;;;;;;1D;. The van der Waals surface area contributed by atoms with E-state index in [1.165, 1.54) is 12.8 Å². The summed E-state index contributed by atoms with van der Waals surface area (Å²) in [5.74, 6) is 0.911. The Morgan fingerprint density at radius 3 is 1.48 bits per heavy atom. The number of aliphatic hydroxyl groups excluding tert-OH is 3. The Hall–Kier alpha value is 0.377. The van der Waals surface area contributed by atoms with E-state index in [1.807, 2.05) is 6.08 Å². The third-order valence-corrected chi connectivity index (χ3v) is 7.77. The summed E-state index contributed by atoms with van der Waals surface area (Å²) in [4.78, 5) is 0. The second-order valence-corrected chi connectivity index (χ2v) is 11.7. The Morgan fingerprint density at radius 2 is 1.17 bits per heavy atom. The van der Waals surface area contributed by atoms with E-state index in [-0.39, 0.29) is 62.8 Å². The number of epoxide rings is 1. The molecule has 7 heterocycles. The van der Waals surface area contributed by atoms with E-state index in [4.69, 9.17) is 61.3 Å². The summed E-state index contributed by atoms with van der Waals surface area (Å²) >= 11 is 0. The van der Waals surface area contributed by atoms with Crippen LogP contribution < -0.4 is 11.5 Å². The van der Waals surface area contributed by atoms with E-state index in [0.717, 1.165) is 90.9 Å². The van der Waals surface area contributed by atoms with Gasteiger partial charge in [0.2, 0.25) is 0 Å². The molecule has 6 saturated heterocycles. The molecule has 7 rings (SSSR count). The van der Waals surface area contributed by atoms with Crippen molar-refractivity contribution in [3.8, 4) is 0 Å². The molecule has 0 aromatic heterocycles. The summed E-state index contributed by atoms with van der Waals surface area (Å²) in [7, 11) is 3.75. The quantitative estimate of drug-likeness (QED) is 0.132. The first kappa shape index (κ1) is 46.4. The fourth-order valence-corrected chi connectivity index (χ4v) is 4.46. The van der Waals surface area contributed by atoms with Crippen LogP contribution >= 0.6 is 0 Å². The van der Waals surface area contributed by atoms with Gasteiger partial charge in [0.25, 0.3) is 0 Å². The van der Waals surface area contributed by atoms with Gasteiger partial charge < -0.3 is 59.9 Å². The number of hydrogen-bond acceptors (Lipinski definition) is 12. The SMILES string of the molecule is C.C1=CCOCC1.C1CC2OC2CO1.CC1CCOCC1.N[C@H]1CCOC[C@@H]1O.N[C@H]1COCC[C@@H]1O.OC1CCOCC1.[2H][B].[U]. The molecule has 0 aromatic rings. The average molecular weight is 888 g/mol. The fraction of sp³-hybridized carbons (Fsp3) is 0.938. The van der Waals surface area contributed by atoms with Crippen LogP contribution in [0.4, 0.5) is 0 Å². The van der Waals surface area contributed by atoms with Crippen LogP contribution in [-0.2, 0) is 33.2 Å². The van der Waals surface area contributed by atoms with Crippen LogP contribution in [0.15, 0.2) is 12.2 Å². The third kappa shape index (κ3) is 25.4. The molecule has 7 N–H and O–H groups in total. The van der Waals surface area contributed by atoms with E-state index in [2.05, 4.69) is 21.4 Å². The monoisotopic (exact) mass is 888 g/mol. The summed E-state index contributed by atoms with van der Waals surface area (Å²) < 4.78 is 40.5. The zero-order valence-corrected chi connectivity index (χ0v) is 31.5. The van der Waals surface area contributed by atoms with Crippen molar-refractivity contribution in [2.45, 2.75) is 108 Å². The van der Waals surface area contributed by atoms with E-state index >= 15 is 0 Å². The minimum Gasteiger partial charge on any atom is -0.393 e. The normalized spacial score (nSPS) is 31.7. The molecule has 0 bridgehead atoms. The number of ether oxygens (including phenoxy) is 7. The van der Waals surface area contributed by atoms with Crippen molar-refractivity contribution in [1.82, 2.24) is 0 Å². The second kappa shape index (κ2) is 31.4. The Labute approximate surface area is 305 Å². The van der Waals surface area contributed by atoms with Crippen molar-refractivity contribution in [2.75, 3.05) is 79.3 Å². The van der Waals surface area contributed by atoms with Crippen molar-refractivity contribution >= 4 is 8.38 Å². The van der Waals surface area contributed by atoms with Gasteiger partial charge in [-0.3, -0.25) is 0 Å². The van der Waals surface area contributed by atoms with Crippen LogP contribution in [-0.4, -0.2) is 147 Å². The van der Waals surface area contributed by atoms with Gasteiger partial charge in [0.15, 0.2) is 0 Å². The Kier molecular flexibility index (Phi) is 31.6. The number of nitrogens with two attached hydrogens (primary N) is 2. The number of aliphatic hydroxyl groups is 3. The van der Waals surface area contributed by atoms with Gasteiger partial charge >= 0.3 is 0 Å². The molecule has 7 aliphatic rings. The van der Waals surface area contributed by atoms with Crippen molar-refractivity contribution in [3.63, 3.8) is 0 Å². The molecule has 270 valence electrons. The summed E-state index contributed by atoms with van der Waals surface area (Å²) in [5, 5.41) is 26.7. The molecular formula is C32H65BN2O10U. The molecule has 0 amide bonds. The summed E-state index contributed by atoms with van der Waals surface area (Å²) in [6.07, 6.45) is 12.2. The van der Waals surface area contributed by atoms with Gasteiger partial charge in [0.1, 0.15) is 6.10 Å². The van der Waals surface area contributed by atoms with Gasteiger partial charge in [-0.15, -0.1) is 0 Å². The Morgan fingerprint density at radius 1 is 0.609 bits per heavy atom. The van der Waals surface area contributed by atoms with E-state index in [1.54, 1.807) is 0 Å². The predicted molar refractivity (Wildman–Crippen MR) is 177 cm³/mol. The number of hydrogen-bond donors (Lipinski definition) is 5. The summed E-state index contributed by atoms with van der Waals surface area (Å²) in [6.45, 7) is 11.4. The molecule has 6 fully saturated rings. The van der Waals surface area contributed by atoms with E-state index in [0.29, 0.717) is 45.1 Å². The van der Waals surface area contributed by atoms with Crippen molar-refractivity contribution < 1.29 is 79.6 Å². The molecule has 0 aromatic carbocycles. The first-order valence-corrected chi connectivity index (χ1v) is 16.2. The molecular weight excluding hydrogens is 821 g/mol. The Balaban J connectivity index is 0. The van der Waals surface area contributed by atoms with Crippen LogP contribution in [0, 0.1) is 37.0 Å². The van der Waals surface area contributed by atoms with Crippen molar-refractivity contribution in [2.24, 2.45) is 17.4 Å². The maximum Gasteiger partial charge on any atom is 0.107 e. The molecule has 6 atom stereocenters. The van der Waals surface area contributed by atoms with Crippen molar-refractivity contribution in [3.05, 3.63) is 12.2 Å². The van der Waals surface area contributed by atoms with Gasteiger partial charge in [-0.25, -0.2) is 0 Å². The van der Waals surface area contributed by atoms with E-state index < -0.39 is 6.10 Å². The molecule has 0 spiro atoms. The van der Waals surface area contributed by atoms with Crippen LogP contribution in [0.25, 0.3) is 0 Å². The second-order valence-electron chi connectivity index (χ2n) is 11.7. The number of fused-ring (bicyclic) bond motifs is 1. The third-order valence-electron chi connectivity index (χ3n) is 7.77. The maximum absolute atomic E-state index is 8.97. The first-order valence-electron chi connectivity index (χ1n) is 16.8.